The van der Waals surface area contributed by atoms with E-state index in [9.17, 15) is 0 Å². The molecule has 3 aromatic carbocycles. The van der Waals surface area contributed by atoms with E-state index in [1.807, 2.05) is 0 Å². The van der Waals surface area contributed by atoms with Gasteiger partial charge in [0.2, 0.25) is 8.32 Å². The molecular weight excluding hydrogens is 449 g/mol. The van der Waals surface area contributed by atoms with Gasteiger partial charge in [0.05, 0.1) is 0 Å². The number of hydrogen-bond acceptors (Lipinski definition) is 2. The number of benzene rings is 3. The standard InChI is InChI=1S/C30H42O2Si2/c1-29(2,3)33(7,8)32-26-21-19-25(20-22-26)23-24-31-34(30(4,5)6,27-15-11-9-12-16-27)28-17-13-10-14-18-28/h9-22H,23-24H2,1-8H3. The van der Waals surface area contributed by atoms with E-state index in [1.165, 1.54) is 15.9 Å². The monoisotopic (exact) mass is 490 g/mol. The van der Waals surface area contributed by atoms with Crippen molar-refractivity contribution in [1.82, 2.24) is 0 Å². The zero-order valence-electron chi connectivity index (χ0n) is 22.3. The van der Waals surface area contributed by atoms with Crippen LogP contribution in [0.3, 0.4) is 0 Å². The van der Waals surface area contributed by atoms with E-state index in [1.54, 1.807) is 0 Å². The van der Waals surface area contributed by atoms with Crippen LogP contribution in [0.15, 0.2) is 84.9 Å². The maximum Gasteiger partial charge on any atom is 0.261 e. The fourth-order valence-corrected chi connectivity index (χ4v) is 9.85. The van der Waals surface area contributed by atoms with Crippen molar-refractivity contribution in [1.29, 1.82) is 0 Å². The quantitative estimate of drug-likeness (QED) is 0.311. The molecule has 0 atom stereocenters. The van der Waals surface area contributed by atoms with E-state index in [2.05, 4.69) is 140 Å². The lowest BCUT2D eigenvalue weighted by molar-refractivity contribution is 0.302. The minimum atomic E-state index is -2.49. The Kier molecular flexibility index (Phi) is 7.96. The van der Waals surface area contributed by atoms with Gasteiger partial charge in [0, 0.05) is 6.61 Å². The summed E-state index contributed by atoms with van der Waals surface area (Å²) in [5.41, 5.74) is 1.28. The topological polar surface area (TPSA) is 18.5 Å². The van der Waals surface area contributed by atoms with Gasteiger partial charge in [0.15, 0.2) is 0 Å². The third-order valence-corrected chi connectivity index (χ3v) is 16.6. The van der Waals surface area contributed by atoms with Crippen LogP contribution < -0.4 is 14.8 Å². The van der Waals surface area contributed by atoms with E-state index >= 15 is 0 Å². The SMILES string of the molecule is CC(C)(C)[Si](C)(C)Oc1ccc(CCO[Si](c2ccccc2)(c2ccccc2)C(C)(C)C)cc1. The molecule has 182 valence electrons. The molecule has 0 amide bonds. The normalized spacial score (nSPS) is 13.1. The van der Waals surface area contributed by atoms with Gasteiger partial charge in [-0.1, -0.05) is 114 Å². The summed E-state index contributed by atoms with van der Waals surface area (Å²) in [4.78, 5) is 0. The van der Waals surface area contributed by atoms with Crippen LogP contribution >= 0.6 is 0 Å². The Bertz CT molecular complexity index is 992. The van der Waals surface area contributed by atoms with Crippen LogP contribution in [0.4, 0.5) is 0 Å². The predicted molar refractivity (Wildman–Crippen MR) is 152 cm³/mol. The van der Waals surface area contributed by atoms with E-state index in [0.29, 0.717) is 6.61 Å². The van der Waals surface area contributed by atoms with Gasteiger partial charge in [-0.3, -0.25) is 0 Å². The molecule has 0 aliphatic heterocycles. The molecule has 0 fully saturated rings. The molecule has 0 aliphatic rings. The number of hydrogen-bond donors (Lipinski definition) is 0. The summed E-state index contributed by atoms with van der Waals surface area (Å²) in [6.07, 6.45) is 0.880. The van der Waals surface area contributed by atoms with Gasteiger partial charge in [-0.15, -0.1) is 0 Å². The van der Waals surface area contributed by atoms with Crippen LogP contribution in [0.5, 0.6) is 5.75 Å². The summed E-state index contributed by atoms with van der Waals surface area (Å²) in [6.45, 7) is 19.1. The highest BCUT2D eigenvalue weighted by Crippen LogP contribution is 2.38. The second-order valence-electron chi connectivity index (χ2n) is 11.8. The van der Waals surface area contributed by atoms with Gasteiger partial charge in [-0.2, -0.15) is 0 Å². The third kappa shape index (κ3) is 5.73. The highest BCUT2D eigenvalue weighted by Gasteiger charge is 2.50. The zero-order chi connectivity index (χ0) is 25.0. The van der Waals surface area contributed by atoms with E-state index in [-0.39, 0.29) is 10.1 Å². The Balaban J connectivity index is 1.81. The van der Waals surface area contributed by atoms with Crippen LogP contribution in [0.2, 0.25) is 23.2 Å². The Hall–Kier alpha value is -2.15. The first kappa shape index (κ1) is 26.5. The minimum absolute atomic E-state index is 0.00340. The third-order valence-electron chi connectivity index (χ3n) is 7.23. The molecule has 0 aromatic heterocycles. The van der Waals surface area contributed by atoms with Crippen LogP contribution in [-0.2, 0) is 10.8 Å². The van der Waals surface area contributed by atoms with E-state index in [4.69, 9.17) is 8.85 Å². The molecule has 3 rings (SSSR count). The van der Waals surface area contributed by atoms with Crippen molar-refractivity contribution in [3.05, 3.63) is 90.5 Å². The van der Waals surface area contributed by atoms with Crippen molar-refractivity contribution in [2.45, 2.75) is 71.1 Å². The molecule has 0 spiro atoms. The van der Waals surface area contributed by atoms with E-state index < -0.39 is 16.6 Å². The van der Waals surface area contributed by atoms with Gasteiger partial charge in [0.1, 0.15) is 5.75 Å². The number of rotatable bonds is 8. The van der Waals surface area contributed by atoms with Gasteiger partial charge >= 0.3 is 0 Å². The van der Waals surface area contributed by atoms with Gasteiger partial charge in [-0.25, -0.2) is 0 Å². The molecule has 0 unspecified atom stereocenters. The molecule has 0 N–H and O–H groups in total. The Morgan fingerprint density at radius 3 is 1.50 bits per heavy atom. The molecule has 34 heavy (non-hydrogen) atoms. The second kappa shape index (κ2) is 10.2. The molecule has 4 heteroatoms. The average molecular weight is 491 g/mol. The molecular formula is C30H42O2Si2. The molecule has 3 aromatic rings. The highest BCUT2D eigenvalue weighted by atomic mass is 28.4. The van der Waals surface area contributed by atoms with Crippen molar-refractivity contribution < 1.29 is 8.85 Å². The van der Waals surface area contributed by atoms with Crippen molar-refractivity contribution in [2.75, 3.05) is 6.61 Å². The lowest BCUT2D eigenvalue weighted by Gasteiger charge is -2.43. The molecule has 0 radical (unpaired) electrons. The van der Waals surface area contributed by atoms with Gasteiger partial charge < -0.3 is 8.85 Å². The van der Waals surface area contributed by atoms with Crippen molar-refractivity contribution in [3.8, 4) is 5.75 Å². The van der Waals surface area contributed by atoms with Crippen LogP contribution in [-0.4, -0.2) is 23.2 Å². The maximum atomic E-state index is 7.04. The lowest BCUT2D eigenvalue weighted by Crippen LogP contribution is -2.66. The zero-order valence-corrected chi connectivity index (χ0v) is 24.3. The molecule has 0 bridgehead atoms. The molecule has 0 heterocycles. The molecule has 2 nitrogen and oxygen atoms in total. The fourth-order valence-electron chi connectivity index (χ4n) is 4.26. The van der Waals surface area contributed by atoms with E-state index in [0.717, 1.165) is 12.2 Å². The largest absolute Gasteiger partial charge is 0.544 e. The van der Waals surface area contributed by atoms with Crippen LogP contribution in [0, 0.1) is 0 Å². The lowest BCUT2D eigenvalue weighted by atomic mass is 10.1. The van der Waals surface area contributed by atoms with Crippen LogP contribution in [0.25, 0.3) is 0 Å². The summed E-state index contributed by atoms with van der Waals surface area (Å²) in [5, 5.41) is 2.84. The molecule has 0 saturated carbocycles. The van der Waals surface area contributed by atoms with Gasteiger partial charge in [0.25, 0.3) is 8.32 Å². The van der Waals surface area contributed by atoms with Crippen molar-refractivity contribution in [2.24, 2.45) is 0 Å². The Morgan fingerprint density at radius 1 is 0.618 bits per heavy atom. The Labute approximate surface area is 209 Å². The molecule has 0 saturated heterocycles. The summed E-state index contributed by atoms with van der Waals surface area (Å²) in [6, 6.07) is 30.3. The first-order chi connectivity index (χ1) is 15.9. The maximum absolute atomic E-state index is 7.04. The van der Waals surface area contributed by atoms with Crippen LogP contribution in [0.1, 0.15) is 47.1 Å². The average Bonchev–Trinajstić information content (AvgIpc) is 2.77. The van der Waals surface area contributed by atoms with Crippen molar-refractivity contribution >= 4 is 27.0 Å². The first-order valence-electron chi connectivity index (χ1n) is 12.4. The second-order valence-corrected chi connectivity index (χ2v) is 20.8. The summed E-state index contributed by atoms with van der Waals surface area (Å²) in [5.74, 6) is 0.975. The summed E-state index contributed by atoms with van der Waals surface area (Å²) in [7, 11) is -4.31. The predicted octanol–water partition coefficient (Wildman–Crippen LogP) is 7.19. The smallest absolute Gasteiger partial charge is 0.261 e. The summed E-state index contributed by atoms with van der Waals surface area (Å²) < 4.78 is 13.5. The first-order valence-corrected chi connectivity index (χ1v) is 17.2. The van der Waals surface area contributed by atoms with Gasteiger partial charge in [-0.05, 0) is 57.7 Å². The summed E-state index contributed by atoms with van der Waals surface area (Å²) >= 11 is 0. The fraction of sp³-hybridized carbons (Fsp3) is 0.400. The Morgan fingerprint density at radius 2 is 1.09 bits per heavy atom. The highest BCUT2D eigenvalue weighted by molar-refractivity contribution is 6.99. The minimum Gasteiger partial charge on any atom is -0.544 e. The molecule has 0 aliphatic carbocycles. The van der Waals surface area contributed by atoms with Crippen molar-refractivity contribution in [3.63, 3.8) is 0 Å².